The van der Waals surface area contributed by atoms with E-state index in [0.717, 1.165) is 33.9 Å². The molecule has 7 heteroatoms. The zero-order chi connectivity index (χ0) is 20.4. The van der Waals surface area contributed by atoms with Crippen LogP contribution in [0.1, 0.15) is 20.9 Å². The molecule has 0 fully saturated rings. The third-order valence-corrected chi connectivity index (χ3v) is 5.60. The monoisotopic (exact) mass is 408 g/mol. The van der Waals surface area contributed by atoms with Crippen molar-refractivity contribution in [2.75, 3.05) is 25.2 Å². The van der Waals surface area contributed by atoms with E-state index in [2.05, 4.69) is 11.1 Å². The van der Waals surface area contributed by atoms with Gasteiger partial charge in [-0.2, -0.15) is 0 Å². The van der Waals surface area contributed by atoms with Crippen LogP contribution in [0.2, 0.25) is 0 Å². The zero-order valence-electron chi connectivity index (χ0n) is 16.2. The normalized spacial score (nSPS) is 12.6. The summed E-state index contributed by atoms with van der Waals surface area (Å²) in [5, 5.41) is 3.06. The topological polar surface area (TPSA) is 68.7 Å². The standard InChI is InChI=1S/C22H20N2O4S/c1-14-23-19(13-29-14)15-6-7-20-16(10-15)8-9-24(20)21(25)12-28-22(26)17-4-3-5-18(11-17)27-2/h3-7,10-11,13H,8-9,12H2,1-2H3. The highest BCUT2D eigenvalue weighted by atomic mass is 32.1. The number of methoxy groups -OCH3 is 1. The number of aryl methyl sites for hydroxylation is 1. The van der Waals surface area contributed by atoms with Crippen LogP contribution in [0.25, 0.3) is 11.3 Å². The number of ether oxygens (including phenoxy) is 2. The molecule has 148 valence electrons. The van der Waals surface area contributed by atoms with E-state index < -0.39 is 5.97 Å². The maximum absolute atomic E-state index is 12.6. The maximum atomic E-state index is 12.6. The van der Waals surface area contributed by atoms with E-state index in [1.165, 1.54) is 7.11 Å². The SMILES string of the molecule is COc1cccc(C(=O)OCC(=O)N2CCc3cc(-c4csc(C)n4)ccc32)c1. The van der Waals surface area contributed by atoms with E-state index >= 15 is 0 Å². The van der Waals surface area contributed by atoms with Crippen LogP contribution in [-0.4, -0.2) is 37.1 Å². The first-order valence-corrected chi connectivity index (χ1v) is 10.1. The van der Waals surface area contributed by atoms with Crippen LogP contribution < -0.4 is 9.64 Å². The van der Waals surface area contributed by atoms with Crippen LogP contribution in [0.5, 0.6) is 5.75 Å². The van der Waals surface area contributed by atoms with Gasteiger partial charge in [0.15, 0.2) is 6.61 Å². The first-order chi connectivity index (χ1) is 14.0. The highest BCUT2D eigenvalue weighted by Gasteiger charge is 2.26. The molecule has 0 saturated heterocycles. The molecule has 6 nitrogen and oxygen atoms in total. The molecule has 4 rings (SSSR count). The highest BCUT2D eigenvalue weighted by molar-refractivity contribution is 7.09. The average molecular weight is 408 g/mol. The fraction of sp³-hybridized carbons (Fsp3) is 0.227. The number of nitrogens with zero attached hydrogens (tertiary/aromatic N) is 2. The molecule has 1 aromatic heterocycles. The molecule has 0 atom stereocenters. The van der Waals surface area contributed by atoms with Crippen molar-refractivity contribution in [3.63, 3.8) is 0 Å². The van der Waals surface area contributed by atoms with Gasteiger partial charge in [-0.15, -0.1) is 11.3 Å². The van der Waals surface area contributed by atoms with Gasteiger partial charge in [-0.1, -0.05) is 12.1 Å². The predicted octanol–water partition coefficient (Wildman–Crippen LogP) is 3.87. The van der Waals surface area contributed by atoms with Gasteiger partial charge in [0.25, 0.3) is 5.91 Å². The van der Waals surface area contributed by atoms with Crippen molar-refractivity contribution >= 4 is 28.9 Å². The van der Waals surface area contributed by atoms with Gasteiger partial charge in [-0.05, 0) is 49.2 Å². The van der Waals surface area contributed by atoms with E-state index in [9.17, 15) is 9.59 Å². The first kappa shape index (κ1) is 19.1. The number of amides is 1. The third-order valence-electron chi connectivity index (χ3n) is 4.82. The van der Waals surface area contributed by atoms with Gasteiger partial charge in [0.05, 0.1) is 23.4 Å². The number of benzene rings is 2. The van der Waals surface area contributed by atoms with Gasteiger partial charge in [0.2, 0.25) is 0 Å². The summed E-state index contributed by atoms with van der Waals surface area (Å²) in [5.41, 5.74) is 4.31. The number of aromatic nitrogens is 1. The molecule has 0 radical (unpaired) electrons. The van der Waals surface area contributed by atoms with Crippen molar-refractivity contribution in [3.8, 4) is 17.0 Å². The van der Waals surface area contributed by atoms with E-state index in [4.69, 9.17) is 9.47 Å². The summed E-state index contributed by atoms with van der Waals surface area (Å²) >= 11 is 1.62. The fourth-order valence-electron chi connectivity index (χ4n) is 3.35. The van der Waals surface area contributed by atoms with Crippen LogP contribution >= 0.6 is 11.3 Å². The molecular formula is C22H20N2O4S. The Balaban J connectivity index is 1.42. The molecule has 0 aliphatic carbocycles. The van der Waals surface area contributed by atoms with E-state index in [1.54, 1.807) is 40.5 Å². The van der Waals surface area contributed by atoms with Gasteiger partial charge < -0.3 is 14.4 Å². The fourth-order valence-corrected chi connectivity index (χ4v) is 3.98. The summed E-state index contributed by atoms with van der Waals surface area (Å²) in [6.45, 7) is 2.25. The van der Waals surface area contributed by atoms with Crippen LogP contribution in [0, 0.1) is 6.92 Å². The van der Waals surface area contributed by atoms with Gasteiger partial charge in [-0.3, -0.25) is 4.79 Å². The second-order valence-electron chi connectivity index (χ2n) is 6.70. The van der Waals surface area contributed by atoms with Crippen molar-refractivity contribution in [3.05, 3.63) is 64.0 Å². The average Bonchev–Trinajstić information content (AvgIpc) is 3.37. The Bertz CT molecular complexity index is 1080. The van der Waals surface area contributed by atoms with Crippen molar-refractivity contribution in [1.82, 2.24) is 4.98 Å². The van der Waals surface area contributed by atoms with Crippen molar-refractivity contribution < 1.29 is 19.1 Å². The minimum absolute atomic E-state index is 0.239. The number of hydrogen-bond donors (Lipinski definition) is 0. The molecule has 1 aliphatic rings. The summed E-state index contributed by atoms with van der Waals surface area (Å²) < 4.78 is 10.3. The van der Waals surface area contributed by atoms with Crippen molar-refractivity contribution in [2.45, 2.75) is 13.3 Å². The molecule has 0 saturated carbocycles. The summed E-state index contributed by atoms with van der Waals surface area (Å²) in [4.78, 5) is 31.1. The minimum Gasteiger partial charge on any atom is -0.497 e. The van der Waals surface area contributed by atoms with Gasteiger partial charge in [-0.25, -0.2) is 9.78 Å². The molecule has 3 aromatic rings. The molecule has 0 bridgehead atoms. The van der Waals surface area contributed by atoms with Crippen molar-refractivity contribution in [1.29, 1.82) is 0 Å². The zero-order valence-corrected chi connectivity index (χ0v) is 17.0. The quantitative estimate of drug-likeness (QED) is 0.600. The van der Waals surface area contributed by atoms with Crippen LogP contribution in [0.3, 0.4) is 0 Å². The predicted molar refractivity (Wildman–Crippen MR) is 112 cm³/mol. The summed E-state index contributed by atoms with van der Waals surface area (Å²) in [7, 11) is 1.53. The first-order valence-electron chi connectivity index (χ1n) is 9.22. The van der Waals surface area contributed by atoms with Crippen LogP contribution in [-0.2, 0) is 16.0 Å². The number of hydrogen-bond acceptors (Lipinski definition) is 6. The summed E-state index contributed by atoms with van der Waals surface area (Å²) in [6.07, 6.45) is 0.766. The lowest BCUT2D eigenvalue weighted by Crippen LogP contribution is -2.33. The Morgan fingerprint density at radius 3 is 2.83 bits per heavy atom. The van der Waals surface area contributed by atoms with Crippen LogP contribution in [0.15, 0.2) is 47.8 Å². The Morgan fingerprint density at radius 1 is 1.21 bits per heavy atom. The minimum atomic E-state index is -0.550. The molecule has 0 spiro atoms. The van der Waals surface area contributed by atoms with E-state index in [0.29, 0.717) is 17.9 Å². The summed E-state index contributed by atoms with van der Waals surface area (Å²) in [6, 6.07) is 12.6. The number of anilines is 1. The molecule has 0 unspecified atom stereocenters. The summed E-state index contributed by atoms with van der Waals surface area (Å²) in [5.74, 6) is -0.228. The van der Waals surface area contributed by atoms with Gasteiger partial charge in [0, 0.05) is 23.2 Å². The lowest BCUT2D eigenvalue weighted by molar-refractivity contribution is -0.121. The lowest BCUT2D eigenvalue weighted by Gasteiger charge is -2.17. The molecule has 1 aliphatic heterocycles. The molecule has 2 heterocycles. The smallest absolute Gasteiger partial charge is 0.338 e. The Kier molecular flexibility index (Phi) is 5.31. The highest BCUT2D eigenvalue weighted by Crippen LogP contribution is 2.32. The largest absolute Gasteiger partial charge is 0.497 e. The number of carbonyl (C=O) groups excluding carboxylic acids is 2. The molecule has 1 amide bonds. The maximum Gasteiger partial charge on any atom is 0.338 e. The van der Waals surface area contributed by atoms with Crippen molar-refractivity contribution in [2.24, 2.45) is 0 Å². The molecule has 2 aromatic carbocycles. The number of rotatable bonds is 5. The van der Waals surface area contributed by atoms with E-state index in [1.807, 2.05) is 24.4 Å². The number of thiazole rings is 1. The van der Waals surface area contributed by atoms with Gasteiger partial charge >= 0.3 is 5.97 Å². The third kappa shape index (κ3) is 4.00. The number of carbonyl (C=O) groups is 2. The van der Waals surface area contributed by atoms with Gasteiger partial charge in [0.1, 0.15) is 5.75 Å². The Morgan fingerprint density at radius 2 is 2.07 bits per heavy atom. The molecule has 29 heavy (non-hydrogen) atoms. The Labute approximate surface area is 172 Å². The second kappa shape index (κ2) is 8.05. The van der Waals surface area contributed by atoms with E-state index in [-0.39, 0.29) is 12.5 Å². The molecule has 0 N–H and O–H groups in total. The number of fused-ring (bicyclic) bond motifs is 1. The number of esters is 1. The van der Waals surface area contributed by atoms with Crippen LogP contribution in [0.4, 0.5) is 5.69 Å². The lowest BCUT2D eigenvalue weighted by atomic mass is 10.1. The second-order valence-corrected chi connectivity index (χ2v) is 7.76. The Hall–Kier alpha value is -3.19. The molecular weight excluding hydrogens is 388 g/mol.